The SMILES string of the molecule is [C-]#[N+][C@@H]1C[C@@H]2C[C@@H]2N1. The van der Waals surface area contributed by atoms with E-state index in [1.807, 2.05) is 0 Å². The Kier molecular flexibility index (Phi) is 0.671. The zero-order valence-electron chi connectivity index (χ0n) is 4.59. The Morgan fingerprint density at radius 2 is 2.38 bits per heavy atom. The van der Waals surface area contributed by atoms with Gasteiger partial charge in [0.05, 0.1) is 0 Å². The van der Waals surface area contributed by atoms with Gasteiger partial charge in [-0.05, 0) is 12.3 Å². The van der Waals surface area contributed by atoms with Crippen molar-refractivity contribution in [1.29, 1.82) is 0 Å². The molecule has 2 aliphatic rings. The van der Waals surface area contributed by atoms with Crippen molar-refractivity contribution in [2.24, 2.45) is 5.92 Å². The fraction of sp³-hybridized carbons (Fsp3) is 0.833. The van der Waals surface area contributed by atoms with Crippen LogP contribution in [0.3, 0.4) is 0 Å². The fourth-order valence-corrected chi connectivity index (χ4v) is 1.40. The molecule has 1 saturated carbocycles. The molecule has 1 saturated heterocycles. The predicted molar refractivity (Wildman–Crippen MR) is 30.0 cm³/mol. The molecule has 0 radical (unpaired) electrons. The van der Waals surface area contributed by atoms with Gasteiger partial charge in [0.25, 0.3) is 6.17 Å². The Hall–Kier alpha value is -0.550. The third-order valence-corrected chi connectivity index (χ3v) is 2.01. The van der Waals surface area contributed by atoms with Gasteiger partial charge in [-0.2, -0.15) is 0 Å². The lowest BCUT2D eigenvalue weighted by Gasteiger charge is -1.95. The van der Waals surface area contributed by atoms with E-state index in [0.717, 1.165) is 18.4 Å². The van der Waals surface area contributed by atoms with Crippen LogP contribution in [0.25, 0.3) is 4.85 Å². The maximum atomic E-state index is 6.67. The van der Waals surface area contributed by atoms with Gasteiger partial charge in [0, 0.05) is 12.5 Å². The molecule has 42 valence electrons. The average Bonchev–Trinajstić information content (AvgIpc) is 2.40. The highest BCUT2D eigenvalue weighted by Gasteiger charge is 2.48. The first-order chi connectivity index (χ1) is 3.90. The molecule has 0 aromatic heterocycles. The second-order valence-corrected chi connectivity index (χ2v) is 2.65. The molecule has 0 aromatic carbocycles. The topological polar surface area (TPSA) is 16.4 Å². The summed E-state index contributed by atoms with van der Waals surface area (Å²) in [6.45, 7) is 6.67. The van der Waals surface area contributed by atoms with Gasteiger partial charge in [0.2, 0.25) is 0 Å². The van der Waals surface area contributed by atoms with E-state index in [4.69, 9.17) is 6.57 Å². The largest absolute Gasteiger partial charge is 0.296 e. The third-order valence-electron chi connectivity index (χ3n) is 2.01. The number of hydrogen-bond acceptors (Lipinski definition) is 1. The van der Waals surface area contributed by atoms with E-state index in [1.165, 1.54) is 6.42 Å². The lowest BCUT2D eigenvalue weighted by atomic mass is 10.3. The zero-order chi connectivity index (χ0) is 5.56. The summed E-state index contributed by atoms with van der Waals surface area (Å²) in [6.07, 6.45) is 2.60. The molecule has 0 amide bonds. The lowest BCUT2D eigenvalue weighted by molar-refractivity contribution is 0.629. The standard InChI is InChI=1S/C6H8N2/c1-7-6-3-4-2-5(4)8-6/h4-6,8H,2-3H2/t4-,5-,6-/m0/s1. The summed E-state index contributed by atoms with van der Waals surface area (Å²) in [5.74, 6) is 0.870. The summed E-state index contributed by atoms with van der Waals surface area (Å²) >= 11 is 0. The molecule has 1 N–H and O–H groups in total. The van der Waals surface area contributed by atoms with E-state index < -0.39 is 0 Å². The lowest BCUT2D eigenvalue weighted by Crippen LogP contribution is -2.21. The number of piperidine rings is 1. The molecule has 2 heteroatoms. The maximum absolute atomic E-state index is 6.67. The van der Waals surface area contributed by atoms with Crippen molar-refractivity contribution < 1.29 is 0 Å². The average molecular weight is 108 g/mol. The van der Waals surface area contributed by atoms with Crippen LogP contribution in [0.1, 0.15) is 12.8 Å². The quantitative estimate of drug-likeness (QED) is 0.450. The van der Waals surface area contributed by atoms with Gasteiger partial charge < -0.3 is 0 Å². The summed E-state index contributed by atoms with van der Waals surface area (Å²) in [4.78, 5) is 3.41. The molecule has 0 unspecified atom stereocenters. The van der Waals surface area contributed by atoms with Crippen LogP contribution in [0.15, 0.2) is 0 Å². The minimum atomic E-state index is 0.166. The molecular formula is C6H8N2. The molecule has 0 bridgehead atoms. The van der Waals surface area contributed by atoms with Crippen molar-refractivity contribution in [3.63, 3.8) is 0 Å². The second-order valence-electron chi connectivity index (χ2n) is 2.65. The van der Waals surface area contributed by atoms with Crippen molar-refractivity contribution in [2.45, 2.75) is 25.0 Å². The molecule has 2 nitrogen and oxygen atoms in total. The molecule has 8 heavy (non-hydrogen) atoms. The Balaban J connectivity index is 2.01. The molecule has 2 rings (SSSR count). The summed E-state index contributed by atoms with van der Waals surface area (Å²) in [5.41, 5.74) is 0. The molecule has 1 heterocycles. The summed E-state index contributed by atoms with van der Waals surface area (Å²) in [7, 11) is 0. The van der Waals surface area contributed by atoms with Crippen molar-refractivity contribution in [1.82, 2.24) is 5.32 Å². The summed E-state index contributed by atoms with van der Waals surface area (Å²) in [5, 5.41) is 3.22. The first-order valence-electron chi connectivity index (χ1n) is 3.03. The molecular weight excluding hydrogens is 100 g/mol. The van der Waals surface area contributed by atoms with Crippen LogP contribution in [0.2, 0.25) is 0 Å². The smallest absolute Gasteiger partial charge is 0.277 e. The summed E-state index contributed by atoms with van der Waals surface area (Å²) < 4.78 is 0. The Labute approximate surface area is 48.7 Å². The zero-order valence-corrected chi connectivity index (χ0v) is 4.59. The van der Waals surface area contributed by atoms with Crippen LogP contribution >= 0.6 is 0 Å². The first-order valence-corrected chi connectivity index (χ1v) is 3.03. The van der Waals surface area contributed by atoms with Gasteiger partial charge in [0.1, 0.15) is 0 Å². The maximum Gasteiger partial charge on any atom is 0.277 e. The van der Waals surface area contributed by atoms with Gasteiger partial charge in [-0.3, -0.25) is 4.85 Å². The van der Waals surface area contributed by atoms with Crippen LogP contribution in [-0.2, 0) is 0 Å². The molecule has 0 aromatic rings. The summed E-state index contributed by atoms with van der Waals surface area (Å²) in [6, 6.07) is 0.731. The van der Waals surface area contributed by atoms with Gasteiger partial charge in [-0.1, -0.05) is 0 Å². The van der Waals surface area contributed by atoms with Crippen LogP contribution in [0, 0.1) is 12.5 Å². The van der Waals surface area contributed by atoms with Crippen LogP contribution < -0.4 is 5.32 Å². The Morgan fingerprint density at radius 1 is 1.50 bits per heavy atom. The van der Waals surface area contributed by atoms with E-state index in [1.54, 1.807) is 0 Å². The van der Waals surface area contributed by atoms with Gasteiger partial charge in [-0.25, -0.2) is 11.9 Å². The van der Waals surface area contributed by atoms with Crippen LogP contribution in [0.5, 0.6) is 0 Å². The first kappa shape index (κ1) is 4.34. The molecule has 2 fully saturated rings. The van der Waals surface area contributed by atoms with E-state index >= 15 is 0 Å². The number of fused-ring (bicyclic) bond motifs is 1. The molecule has 0 spiro atoms. The van der Waals surface area contributed by atoms with E-state index in [-0.39, 0.29) is 6.17 Å². The highest BCUT2D eigenvalue weighted by Crippen LogP contribution is 2.40. The highest BCUT2D eigenvalue weighted by atomic mass is 15.1. The van der Waals surface area contributed by atoms with Crippen molar-refractivity contribution >= 4 is 0 Å². The number of nitrogens with one attached hydrogen (secondary N) is 1. The normalized spacial score (nSPS) is 50.1. The molecule has 3 atom stereocenters. The fourth-order valence-electron chi connectivity index (χ4n) is 1.40. The van der Waals surface area contributed by atoms with Gasteiger partial charge >= 0.3 is 0 Å². The minimum Gasteiger partial charge on any atom is -0.296 e. The van der Waals surface area contributed by atoms with Crippen molar-refractivity contribution in [3.05, 3.63) is 11.4 Å². The monoisotopic (exact) mass is 108 g/mol. The highest BCUT2D eigenvalue weighted by molar-refractivity contribution is 5.05. The van der Waals surface area contributed by atoms with Crippen molar-refractivity contribution in [2.75, 3.05) is 0 Å². The Bertz CT molecular complexity index is 137. The number of hydrogen-bond donors (Lipinski definition) is 1. The van der Waals surface area contributed by atoms with E-state index in [9.17, 15) is 0 Å². The number of nitrogens with zero attached hydrogens (tertiary/aromatic N) is 1. The molecule has 1 aliphatic carbocycles. The van der Waals surface area contributed by atoms with Gasteiger partial charge in [0.15, 0.2) is 0 Å². The second kappa shape index (κ2) is 1.24. The van der Waals surface area contributed by atoms with E-state index in [2.05, 4.69) is 10.2 Å². The molecule has 1 aliphatic heterocycles. The van der Waals surface area contributed by atoms with Crippen molar-refractivity contribution in [3.8, 4) is 0 Å². The predicted octanol–water partition coefficient (Wildman–Crippen LogP) is 0.614. The minimum absolute atomic E-state index is 0.166. The third kappa shape index (κ3) is 0.452. The Morgan fingerprint density at radius 3 is 2.75 bits per heavy atom. The van der Waals surface area contributed by atoms with E-state index in [0.29, 0.717) is 0 Å². The van der Waals surface area contributed by atoms with Crippen LogP contribution in [0.4, 0.5) is 0 Å². The van der Waals surface area contributed by atoms with Crippen LogP contribution in [-0.4, -0.2) is 12.2 Å². The number of rotatable bonds is 0. The van der Waals surface area contributed by atoms with Gasteiger partial charge in [-0.15, -0.1) is 0 Å².